The lowest BCUT2D eigenvalue weighted by Gasteiger charge is -2.16. The second kappa shape index (κ2) is 5.91. The van der Waals surface area contributed by atoms with E-state index >= 15 is 0 Å². The third-order valence-corrected chi connectivity index (χ3v) is 4.28. The Morgan fingerprint density at radius 1 is 1.36 bits per heavy atom. The smallest absolute Gasteiger partial charge is 0.271 e. The number of benzene rings is 1. The molecule has 1 amide bonds. The molecule has 1 aliphatic carbocycles. The van der Waals surface area contributed by atoms with Gasteiger partial charge in [0.05, 0.1) is 0 Å². The Balaban J connectivity index is 1.61. The zero-order chi connectivity index (χ0) is 15.6. The number of rotatable bonds is 6. The van der Waals surface area contributed by atoms with Gasteiger partial charge in [0.2, 0.25) is 0 Å². The van der Waals surface area contributed by atoms with Gasteiger partial charge in [-0.1, -0.05) is 25.5 Å². The normalized spacial score (nSPS) is 15.5. The van der Waals surface area contributed by atoms with E-state index in [1.807, 2.05) is 12.1 Å². The first-order chi connectivity index (χ1) is 10.6. The van der Waals surface area contributed by atoms with Gasteiger partial charge in [0.15, 0.2) is 0 Å². The molecule has 0 radical (unpaired) electrons. The lowest BCUT2D eigenvalue weighted by molar-refractivity contribution is 0.0944. The first-order valence-corrected chi connectivity index (χ1v) is 7.71. The van der Waals surface area contributed by atoms with Crippen LogP contribution in [-0.4, -0.2) is 22.6 Å². The summed E-state index contributed by atoms with van der Waals surface area (Å²) >= 11 is 0. The Bertz CT molecular complexity index is 659. The van der Waals surface area contributed by atoms with E-state index in [1.54, 1.807) is 6.07 Å². The number of amides is 1. The van der Waals surface area contributed by atoms with Crippen molar-refractivity contribution in [1.82, 2.24) is 15.5 Å². The van der Waals surface area contributed by atoms with Crippen molar-refractivity contribution in [1.29, 1.82) is 0 Å². The fourth-order valence-corrected chi connectivity index (χ4v) is 2.74. The van der Waals surface area contributed by atoms with Gasteiger partial charge in [0.1, 0.15) is 11.5 Å². The molecule has 0 aliphatic heterocycles. The summed E-state index contributed by atoms with van der Waals surface area (Å²) in [5.41, 5.74) is 2.46. The van der Waals surface area contributed by atoms with E-state index in [4.69, 9.17) is 0 Å². The predicted octanol–water partition coefficient (Wildman–Crippen LogP) is 2.96. The van der Waals surface area contributed by atoms with Crippen LogP contribution in [0.1, 0.15) is 47.9 Å². The summed E-state index contributed by atoms with van der Waals surface area (Å²) in [6, 6.07) is 8.37. The van der Waals surface area contributed by atoms with Crippen molar-refractivity contribution in [3.8, 4) is 0 Å². The number of hydrogen-bond acceptors (Lipinski definition) is 2. The average molecular weight is 301 g/mol. The molecule has 2 N–H and O–H groups in total. The van der Waals surface area contributed by atoms with Crippen molar-refractivity contribution in [2.24, 2.45) is 0 Å². The molecule has 3 rings (SSSR count). The zero-order valence-electron chi connectivity index (χ0n) is 12.7. The number of nitrogens with zero attached hydrogens (tertiary/aromatic N) is 1. The van der Waals surface area contributed by atoms with Crippen LogP contribution in [0.2, 0.25) is 0 Å². The topological polar surface area (TPSA) is 57.8 Å². The standard InChI is InChI=1S/C17H20FN3O/c1-2-3-14-10-15(21-20-14)16(22)19-11-17(8-9-17)12-4-6-13(18)7-5-12/h4-7,10H,2-3,8-9,11H2,1H3,(H,19,22)(H,20,21). The summed E-state index contributed by atoms with van der Waals surface area (Å²) < 4.78 is 13.0. The lowest BCUT2D eigenvalue weighted by atomic mass is 9.96. The SMILES string of the molecule is CCCc1cc(C(=O)NCC2(c3ccc(F)cc3)CC2)n[nH]1. The first-order valence-electron chi connectivity index (χ1n) is 7.71. The van der Waals surface area contributed by atoms with Gasteiger partial charge in [-0.15, -0.1) is 0 Å². The number of H-pyrrole nitrogens is 1. The molecule has 5 heteroatoms. The van der Waals surface area contributed by atoms with Gasteiger partial charge in [-0.2, -0.15) is 5.10 Å². The van der Waals surface area contributed by atoms with Crippen LogP contribution in [0.4, 0.5) is 4.39 Å². The van der Waals surface area contributed by atoms with Gasteiger partial charge in [-0.05, 0) is 43.0 Å². The van der Waals surface area contributed by atoms with E-state index in [9.17, 15) is 9.18 Å². The third kappa shape index (κ3) is 3.03. The molecule has 2 aromatic rings. The number of aryl methyl sites for hydroxylation is 1. The van der Waals surface area contributed by atoms with Gasteiger partial charge < -0.3 is 5.32 Å². The Morgan fingerprint density at radius 2 is 2.09 bits per heavy atom. The Morgan fingerprint density at radius 3 is 2.73 bits per heavy atom. The molecule has 1 saturated carbocycles. The summed E-state index contributed by atoms with van der Waals surface area (Å²) in [6.07, 6.45) is 3.93. The number of halogens is 1. The van der Waals surface area contributed by atoms with Gasteiger partial charge >= 0.3 is 0 Å². The van der Waals surface area contributed by atoms with Crippen molar-refractivity contribution in [2.75, 3.05) is 6.54 Å². The van der Waals surface area contributed by atoms with Crippen molar-refractivity contribution in [2.45, 2.75) is 38.0 Å². The summed E-state index contributed by atoms with van der Waals surface area (Å²) in [7, 11) is 0. The molecule has 4 nitrogen and oxygen atoms in total. The van der Waals surface area contributed by atoms with Crippen LogP contribution >= 0.6 is 0 Å². The monoisotopic (exact) mass is 301 g/mol. The van der Waals surface area contributed by atoms with Gasteiger partial charge in [-0.25, -0.2) is 4.39 Å². The molecular formula is C17H20FN3O. The second-order valence-corrected chi connectivity index (χ2v) is 6.00. The van der Waals surface area contributed by atoms with Crippen LogP contribution in [0.5, 0.6) is 0 Å². The second-order valence-electron chi connectivity index (χ2n) is 6.00. The zero-order valence-corrected chi connectivity index (χ0v) is 12.7. The largest absolute Gasteiger partial charge is 0.350 e. The summed E-state index contributed by atoms with van der Waals surface area (Å²) in [6.45, 7) is 2.65. The Hall–Kier alpha value is -2.17. The number of carbonyl (C=O) groups excluding carboxylic acids is 1. The highest BCUT2D eigenvalue weighted by Crippen LogP contribution is 2.47. The van der Waals surface area contributed by atoms with Crippen molar-refractivity contribution < 1.29 is 9.18 Å². The highest BCUT2D eigenvalue weighted by atomic mass is 19.1. The Labute approximate surface area is 129 Å². The van der Waals surface area contributed by atoms with E-state index < -0.39 is 0 Å². The molecule has 22 heavy (non-hydrogen) atoms. The van der Waals surface area contributed by atoms with Crippen LogP contribution in [0, 0.1) is 5.82 Å². The molecule has 0 unspecified atom stereocenters. The molecule has 0 atom stereocenters. The molecule has 1 aliphatic rings. The van der Waals surface area contributed by atoms with Crippen LogP contribution < -0.4 is 5.32 Å². The van der Waals surface area contributed by atoms with Gasteiger partial charge in [-0.3, -0.25) is 9.89 Å². The molecule has 1 heterocycles. The number of nitrogens with one attached hydrogen (secondary N) is 2. The van der Waals surface area contributed by atoms with E-state index in [0.29, 0.717) is 12.2 Å². The lowest BCUT2D eigenvalue weighted by Crippen LogP contribution is -2.32. The van der Waals surface area contributed by atoms with Crippen molar-refractivity contribution >= 4 is 5.91 Å². The van der Waals surface area contributed by atoms with Crippen LogP contribution in [0.3, 0.4) is 0 Å². The first kappa shape index (κ1) is 14.8. The average Bonchev–Trinajstić information content (AvgIpc) is 3.17. The van der Waals surface area contributed by atoms with Gasteiger partial charge in [0, 0.05) is 17.7 Å². The molecule has 0 spiro atoms. The number of carbonyl (C=O) groups is 1. The predicted molar refractivity (Wildman–Crippen MR) is 82.2 cm³/mol. The van der Waals surface area contributed by atoms with Gasteiger partial charge in [0.25, 0.3) is 5.91 Å². The van der Waals surface area contributed by atoms with Crippen LogP contribution in [0.25, 0.3) is 0 Å². The minimum absolute atomic E-state index is 0.0358. The maximum Gasteiger partial charge on any atom is 0.271 e. The molecule has 0 saturated heterocycles. The molecule has 1 aromatic heterocycles. The van der Waals surface area contributed by atoms with Crippen molar-refractivity contribution in [3.05, 3.63) is 53.1 Å². The summed E-state index contributed by atoms with van der Waals surface area (Å²) in [4.78, 5) is 12.2. The minimum Gasteiger partial charge on any atom is -0.350 e. The maximum absolute atomic E-state index is 13.0. The summed E-state index contributed by atoms with van der Waals surface area (Å²) in [5, 5.41) is 9.89. The van der Waals surface area contributed by atoms with Crippen LogP contribution in [-0.2, 0) is 11.8 Å². The molecule has 0 bridgehead atoms. The fraction of sp³-hybridized carbons (Fsp3) is 0.412. The molecule has 1 aromatic carbocycles. The van der Waals surface area contributed by atoms with Crippen LogP contribution in [0.15, 0.2) is 30.3 Å². The van der Waals surface area contributed by atoms with Crippen molar-refractivity contribution in [3.63, 3.8) is 0 Å². The third-order valence-electron chi connectivity index (χ3n) is 4.28. The molecule has 116 valence electrons. The Kier molecular flexibility index (Phi) is 3.96. The maximum atomic E-state index is 13.0. The highest BCUT2D eigenvalue weighted by Gasteiger charge is 2.44. The number of aromatic amines is 1. The fourth-order valence-electron chi connectivity index (χ4n) is 2.74. The number of aromatic nitrogens is 2. The summed E-state index contributed by atoms with van der Waals surface area (Å²) in [5.74, 6) is -0.393. The molecular weight excluding hydrogens is 281 g/mol. The van der Waals surface area contributed by atoms with E-state index in [0.717, 1.165) is 36.9 Å². The quantitative estimate of drug-likeness (QED) is 0.862. The van der Waals surface area contributed by atoms with E-state index in [-0.39, 0.29) is 17.1 Å². The number of hydrogen-bond donors (Lipinski definition) is 2. The van der Waals surface area contributed by atoms with E-state index in [1.165, 1.54) is 12.1 Å². The van der Waals surface area contributed by atoms with E-state index in [2.05, 4.69) is 22.4 Å². The highest BCUT2D eigenvalue weighted by molar-refractivity contribution is 5.92. The molecule has 1 fully saturated rings. The minimum atomic E-state index is -0.233.